The van der Waals surface area contributed by atoms with Gasteiger partial charge < -0.3 is 4.74 Å². The normalized spacial score (nSPS) is 17.5. The van der Waals surface area contributed by atoms with Crippen LogP contribution in [-0.2, 0) is 4.74 Å². The Balaban J connectivity index is 4.06. The van der Waals surface area contributed by atoms with Crippen LogP contribution in [0.2, 0.25) is 0 Å². The van der Waals surface area contributed by atoms with E-state index in [1.54, 1.807) is 0 Å². The van der Waals surface area contributed by atoms with E-state index >= 15 is 0 Å². The molecule has 0 aromatic rings. The summed E-state index contributed by atoms with van der Waals surface area (Å²) in [5.74, 6) is 1.33. The number of rotatable bonds is 5. The van der Waals surface area contributed by atoms with Gasteiger partial charge in [0.1, 0.15) is 0 Å². The molecule has 0 bridgehead atoms. The van der Waals surface area contributed by atoms with Gasteiger partial charge in [-0.15, -0.1) is 0 Å². The first-order valence-corrected chi connectivity index (χ1v) is 5.48. The maximum Gasteiger partial charge on any atom is 0.0627 e. The third kappa shape index (κ3) is 4.66. The van der Waals surface area contributed by atoms with Crippen LogP contribution in [0, 0.1) is 11.8 Å². The van der Waals surface area contributed by atoms with E-state index < -0.39 is 0 Å². The molecular formula is C12H26O. The van der Waals surface area contributed by atoms with Gasteiger partial charge in [-0.2, -0.15) is 0 Å². The highest BCUT2D eigenvalue weighted by Gasteiger charge is 2.24. The molecule has 0 fully saturated rings. The standard InChI is InChI=1S/C12H26O/c1-8-12(6,7)13-11(5)10(4)9(2)3/h9-11H,8H2,1-7H3. The van der Waals surface area contributed by atoms with Gasteiger partial charge in [0.05, 0.1) is 11.7 Å². The Labute approximate surface area is 83.9 Å². The summed E-state index contributed by atoms with van der Waals surface area (Å²) in [5.41, 5.74) is 0.0303. The molecule has 2 unspecified atom stereocenters. The smallest absolute Gasteiger partial charge is 0.0627 e. The van der Waals surface area contributed by atoms with Gasteiger partial charge in [-0.1, -0.05) is 27.7 Å². The monoisotopic (exact) mass is 186 g/mol. The summed E-state index contributed by atoms with van der Waals surface area (Å²) < 4.78 is 6.01. The summed E-state index contributed by atoms with van der Waals surface area (Å²) in [7, 11) is 0. The van der Waals surface area contributed by atoms with Gasteiger partial charge in [0.25, 0.3) is 0 Å². The van der Waals surface area contributed by atoms with Crippen LogP contribution in [0.3, 0.4) is 0 Å². The molecule has 0 spiro atoms. The van der Waals surface area contributed by atoms with Crippen LogP contribution in [0.15, 0.2) is 0 Å². The lowest BCUT2D eigenvalue weighted by Crippen LogP contribution is -2.33. The van der Waals surface area contributed by atoms with Crippen molar-refractivity contribution in [3.63, 3.8) is 0 Å². The highest BCUT2D eigenvalue weighted by molar-refractivity contribution is 4.72. The molecule has 1 nitrogen and oxygen atoms in total. The number of hydrogen-bond donors (Lipinski definition) is 0. The first-order chi connectivity index (χ1) is 5.80. The van der Waals surface area contributed by atoms with E-state index in [0.29, 0.717) is 17.9 Å². The van der Waals surface area contributed by atoms with Crippen molar-refractivity contribution in [2.24, 2.45) is 11.8 Å². The van der Waals surface area contributed by atoms with Crippen molar-refractivity contribution >= 4 is 0 Å². The van der Waals surface area contributed by atoms with Crippen molar-refractivity contribution in [3.8, 4) is 0 Å². The lowest BCUT2D eigenvalue weighted by atomic mass is 9.92. The molecule has 0 amide bonds. The van der Waals surface area contributed by atoms with Gasteiger partial charge in [0.2, 0.25) is 0 Å². The first kappa shape index (κ1) is 13.0. The van der Waals surface area contributed by atoms with Crippen LogP contribution >= 0.6 is 0 Å². The average Bonchev–Trinajstić information content (AvgIpc) is 2.02. The zero-order valence-corrected chi connectivity index (χ0v) is 10.3. The minimum atomic E-state index is 0.0303. The summed E-state index contributed by atoms with van der Waals surface area (Å²) in [6, 6.07) is 0. The minimum absolute atomic E-state index is 0.0303. The molecule has 0 N–H and O–H groups in total. The predicted octanol–water partition coefficient (Wildman–Crippen LogP) is 3.87. The fraction of sp³-hybridized carbons (Fsp3) is 1.00. The molecule has 2 atom stereocenters. The van der Waals surface area contributed by atoms with Gasteiger partial charge in [-0.3, -0.25) is 0 Å². The van der Waals surface area contributed by atoms with E-state index in [1.807, 2.05) is 0 Å². The third-order valence-corrected chi connectivity index (χ3v) is 3.15. The molecule has 0 saturated carbocycles. The summed E-state index contributed by atoms with van der Waals surface area (Å²) in [6.45, 7) is 15.5. The molecular weight excluding hydrogens is 160 g/mol. The molecule has 0 rings (SSSR count). The van der Waals surface area contributed by atoms with E-state index in [1.165, 1.54) is 0 Å². The maximum absolute atomic E-state index is 6.01. The highest BCUT2D eigenvalue weighted by atomic mass is 16.5. The minimum Gasteiger partial charge on any atom is -0.372 e. The Hall–Kier alpha value is -0.0400. The van der Waals surface area contributed by atoms with Crippen LogP contribution in [0.1, 0.15) is 54.9 Å². The second-order valence-corrected chi connectivity index (χ2v) is 5.04. The third-order valence-electron chi connectivity index (χ3n) is 3.15. The van der Waals surface area contributed by atoms with E-state index in [4.69, 9.17) is 4.74 Å². The topological polar surface area (TPSA) is 9.23 Å². The first-order valence-electron chi connectivity index (χ1n) is 5.48. The van der Waals surface area contributed by atoms with Crippen molar-refractivity contribution in [1.29, 1.82) is 0 Å². The van der Waals surface area contributed by atoms with Crippen LogP contribution in [0.5, 0.6) is 0 Å². The Morgan fingerprint density at radius 1 is 1.08 bits per heavy atom. The molecule has 0 aromatic carbocycles. The van der Waals surface area contributed by atoms with Crippen LogP contribution in [0.25, 0.3) is 0 Å². The average molecular weight is 186 g/mol. The molecule has 0 aliphatic heterocycles. The fourth-order valence-corrected chi connectivity index (χ4v) is 1.24. The summed E-state index contributed by atoms with van der Waals surface area (Å²) >= 11 is 0. The second kappa shape index (κ2) is 4.99. The summed E-state index contributed by atoms with van der Waals surface area (Å²) in [6.07, 6.45) is 1.43. The summed E-state index contributed by atoms with van der Waals surface area (Å²) in [4.78, 5) is 0. The van der Waals surface area contributed by atoms with Gasteiger partial charge >= 0.3 is 0 Å². The maximum atomic E-state index is 6.01. The number of ether oxygens (including phenoxy) is 1. The van der Waals surface area contributed by atoms with Gasteiger partial charge in [0, 0.05) is 0 Å². The zero-order valence-electron chi connectivity index (χ0n) is 10.3. The Morgan fingerprint density at radius 2 is 1.54 bits per heavy atom. The second-order valence-electron chi connectivity index (χ2n) is 5.04. The highest BCUT2D eigenvalue weighted by Crippen LogP contribution is 2.23. The lowest BCUT2D eigenvalue weighted by molar-refractivity contribution is -0.0923. The molecule has 0 heterocycles. The Bertz CT molecular complexity index is 138. The van der Waals surface area contributed by atoms with Crippen molar-refractivity contribution in [3.05, 3.63) is 0 Å². The molecule has 13 heavy (non-hydrogen) atoms. The van der Waals surface area contributed by atoms with E-state index in [9.17, 15) is 0 Å². The Kier molecular flexibility index (Phi) is 4.98. The van der Waals surface area contributed by atoms with E-state index in [0.717, 1.165) is 6.42 Å². The molecule has 0 aliphatic carbocycles. The van der Waals surface area contributed by atoms with Crippen molar-refractivity contribution < 1.29 is 4.74 Å². The molecule has 0 aromatic heterocycles. The van der Waals surface area contributed by atoms with Crippen LogP contribution in [0.4, 0.5) is 0 Å². The molecule has 0 saturated heterocycles. The van der Waals surface area contributed by atoms with Crippen molar-refractivity contribution in [2.45, 2.75) is 66.6 Å². The van der Waals surface area contributed by atoms with Crippen LogP contribution < -0.4 is 0 Å². The van der Waals surface area contributed by atoms with E-state index in [2.05, 4.69) is 48.5 Å². The summed E-state index contributed by atoms with van der Waals surface area (Å²) in [5, 5.41) is 0. The molecule has 1 heteroatoms. The van der Waals surface area contributed by atoms with Crippen molar-refractivity contribution in [1.82, 2.24) is 0 Å². The van der Waals surface area contributed by atoms with Gasteiger partial charge in [-0.05, 0) is 39.0 Å². The molecule has 0 radical (unpaired) electrons. The van der Waals surface area contributed by atoms with Gasteiger partial charge in [0.15, 0.2) is 0 Å². The lowest BCUT2D eigenvalue weighted by Gasteiger charge is -2.32. The Morgan fingerprint density at radius 3 is 1.85 bits per heavy atom. The zero-order chi connectivity index (χ0) is 10.6. The van der Waals surface area contributed by atoms with Crippen molar-refractivity contribution in [2.75, 3.05) is 0 Å². The van der Waals surface area contributed by atoms with Crippen LogP contribution in [-0.4, -0.2) is 11.7 Å². The van der Waals surface area contributed by atoms with Gasteiger partial charge in [-0.25, -0.2) is 0 Å². The largest absolute Gasteiger partial charge is 0.372 e. The fourth-order valence-electron chi connectivity index (χ4n) is 1.24. The molecule has 0 aliphatic rings. The predicted molar refractivity (Wildman–Crippen MR) is 58.9 cm³/mol. The number of hydrogen-bond acceptors (Lipinski definition) is 1. The SMILES string of the molecule is CCC(C)(C)OC(C)C(C)C(C)C. The quantitative estimate of drug-likeness (QED) is 0.633. The molecule has 80 valence electrons. The van der Waals surface area contributed by atoms with E-state index in [-0.39, 0.29) is 5.60 Å².